The Balaban J connectivity index is 1.86. The average molecular weight is 363 g/mol. The van der Waals surface area contributed by atoms with Crippen LogP contribution in [0.4, 0.5) is 5.69 Å². The van der Waals surface area contributed by atoms with Gasteiger partial charge in [0.05, 0.1) is 6.42 Å². The van der Waals surface area contributed by atoms with Crippen LogP contribution in [0.15, 0.2) is 29.1 Å². The number of carbonyl (C=O) groups is 1. The number of aromatic nitrogens is 2. The van der Waals surface area contributed by atoms with Gasteiger partial charge in [0.1, 0.15) is 0 Å². The number of rotatable bonds is 3. The van der Waals surface area contributed by atoms with Gasteiger partial charge in [0.15, 0.2) is 9.88 Å². The lowest BCUT2D eigenvalue weighted by molar-refractivity contribution is -0.121. The number of hydrazine groups is 1. The summed E-state index contributed by atoms with van der Waals surface area (Å²) in [6.45, 7) is 4.03. The second-order valence-electron chi connectivity index (χ2n) is 5.22. The molecule has 5 N–H and O–H groups in total. The van der Waals surface area contributed by atoms with Crippen molar-refractivity contribution < 1.29 is 4.79 Å². The van der Waals surface area contributed by atoms with Gasteiger partial charge in [0, 0.05) is 17.4 Å². The molecule has 1 aromatic carbocycles. The van der Waals surface area contributed by atoms with E-state index in [1.165, 1.54) is 11.6 Å². The lowest BCUT2D eigenvalue weighted by atomic mass is 10.1. The predicted molar refractivity (Wildman–Crippen MR) is 99.4 cm³/mol. The summed E-state index contributed by atoms with van der Waals surface area (Å²) in [5, 5.41) is 3.23. The molecule has 2 rings (SSSR count). The number of thiocarbonyl (C=S) groups is 1. The molecule has 0 aliphatic carbocycles. The molecule has 9 heteroatoms. The topological polar surface area (TPSA) is 102 Å². The van der Waals surface area contributed by atoms with Crippen LogP contribution < -0.4 is 21.7 Å². The number of benzene rings is 1. The summed E-state index contributed by atoms with van der Waals surface area (Å²) in [5.74, 6) is -0.365. The number of nitrogens with one attached hydrogen (secondary N) is 5. The Morgan fingerprint density at radius 2 is 1.88 bits per heavy atom. The third-order valence-corrected chi connectivity index (χ3v) is 3.66. The summed E-state index contributed by atoms with van der Waals surface area (Å²) in [4.78, 5) is 28.3. The van der Waals surface area contributed by atoms with Gasteiger partial charge in [-0.05, 0) is 61.5 Å². The molecular weight excluding hydrogens is 346 g/mol. The van der Waals surface area contributed by atoms with Crippen LogP contribution in [0.5, 0.6) is 0 Å². The van der Waals surface area contributed by atoms with Crippen LogP contribution in [0.25, 0.3) is 0 Å². The summed E-state index contributed by atoms with van der Waals surface area (Å²) in [6.07, 6.45) is -0.0349. The molecule has 0 bridgehead atoms. The van der Waals surface area contributed by atoms with Gasteiger partial charge in [-0.25, -0.2) is 0 Å². The first-order valence-electron chi connectivity index (χ1n) is 7.09. The summed E-state index contributed by atoms with van der Waals surface area (Å²) in [7, 11) is 0. The number of amides is 1. The highest BCUT2D eigenvalue weighted by Crippen LogP contribution is 2.13. The minimum Gasteiger partial charge on any atom is -0.335 e. The fourth-order valence-electron chi connectivity index (χ4n) is 1.94. The third-order valence-electron chi connectivity index (χ3n) is 3.25. The van der Waals surface area contributed by atoms with Crippen molar-refractivity contribution in [1.29, 1.82) is 0 Å². The number of aromatic amines is 2. The number of H-pyrrole nitrogens is 2. The van der Waals surface area contributed by atoms with Gasteiger partial charge in [-0.15, -0.1) is 0 Å². The molecule has 0 aliphatic rings. The highest BCUT2D eigenvalue weighted by atomic mass is 32.1. The Hall–Kier alpha value is -2.52. The normalized spacial score (nSPS) is 10.1. The predicted octanol–water partition coefficient (Wildman–Crippen LogP) is 1.61. The van der Waals surface area contributed by atoms with Crippen LogP contribution in [-0.4, -0.2) is 21.0 Å². The molecule has 0 fully saturated rings. The second kappa shape index (κ2) is 7.84. The Labute approximate surface area is 148 Å². The van der Waals surface area contributed by atoms with Gasteiger partial charge in [-0.1, -0.05) is 6.07 Å². The zero-order valence-electron chi connectivity index (χ0n) is 13.1. The van der Waals surface area contributed by atoms with Gasteiger partial charge in [0.2, 0.25) is 5.91 Å². The molecule has 0 unspecified atom stereocenters. The molecule has 0 saturated carbocycles. The molecule has 7 nitrogen and oxygen atoms in total. The van der Waals surface area contributed by atoms with Crippen molar-refractivity contribution in [3.05, 3.63) is 56.2 Å². The quantitative estimate of drug-likeness (QED) is 0.419. The summed E-state index contributed by atoms with van der Waals surface area (Å²) in [6, 6.07) is 7.12. The van der Waals surface area contributed by atoms with Crippen LogP contribution >= 0.6 is 24.4 Å². The van der Waals surface area contributed by atoms with Gasteiger partial charge >= 0.3 is 0 Å². The van der Waals surface area contributed by atoms with Gasteiger partial charge < -0.3 is 10.3 Å². The molecule has 24 heavy (non-hydrogen) atoms. The zero-order valence-corrected chi connectivity index (χ0v) is 14.8. The van der Waals surface area contributed by atoms with E-state index >= 15 is 0 Å². The van der Waals surface area contributed by atoms with E-state index in [0.29, 0.717) is 5.69 Å². The first-order valence-corrected chi connectivity index (χ1v) is 7.91. The van der Waals surface area contributed by atoms with Crippen LogP contribution in [0.3, 0.4) is 0 Å². The molecule has 0 radical (unpaired) electrons. The first-order chi connectivity index (χ1) is 11.3. The Morgan fingerprint density at radius 3 is 2.54 bits per heavy atom. The molecule has 0 saturated heterocycles. The number of hydrogen-bond donors (Lipinski definition) is 5. The molecule has 0 spiro atoms. The van der Waals surface area contributed by atoms with E-state index in [0.717, 1.165) is 11.3 Å². The van der Waals surface area contributed by atoms with E-state index < -0.39 is 0 Å². The zero-order chi connectivity index (χ0) is 17.7. The lowest BCUT2D eigenvalue weighted by Gasteiger charge is -2.12. The monoisotopic (exact) mass is 363 g/mol. The standard InChI is InChI=1S/C15H17N5O2S2/c1-8-3-4-10(5-9(8)2)16-15(24)20-19-13(22)7-11-6-12(21)18-14(23)17-11/h3-6H,7H2,1-2H3,(H,19,22)(H2,16,20,24)(H2,17,18,21,23). The van der Waals surface area contributed by atoms with Crippen LogP contribution in [0, 0.1) is 18.6 Å². The highest BCUT2D eigenvalue weighted by molar-refractivity contribution is 7.80. The van der Waals surface area contributed by atoms with Gasteiger partial charge in [-0.3, -0.25) is 25.4 Å². The highest BCUT2D eigenvalue weighted by Gasteiger charge is 2.06. The number of aryl methyl sites for hydroxylation is 2. The molecule has 0 aliphatic heterocycles. The molecule has 1 aromatic heterocycles. The first kappa shape index (κ1) is 17.8. The number of hydrogen-bond acceptors (Lipinski definition) is 4. The SMILES string of the molecule is Cc1ccc(NC(=S)NNC(=O)Cc2cc(=O)[nH]c(=S)[nH]2)cc1C. The molecule has 1 amide bonds. The van der Waals surface area contributed by atoms with Crippen molar-refractivity contribution in [1.82, 2.24) is 20.8 Å². The summed E-state index contributed by atoms with van der Waals surface area (Å²) < 4.78 is 0.171. The average Bonchev–Trinajstić information content (AvgIpc) is 2.48. The molecule has 2 aromatic rings. The third kappa shape index (κ3) is 5.28. The Bertz CT molecular complexity index is 860. The van der Waals surface area contributed by atoms with E-state index in [2.05, 4.69) is 26.1 Å². The Kier molecular flexibility index (Phi) is 5.83. The van der Waals surface area contributed by atoms with Crippen molar-refractivity contribution in [2.45, 2.75) is 20.3 Å². The van der Waals surface area contributed by atoms with Crippen molar-refractivity contribution in [2.24, 2.45) is 0 Å². The molecule has 126 valence electrons. The van der Waals surface area contributed by atoms with Gasteiger partial charge in [-0.2, -0.15) is 0 Å². The van der Waals surface area contributed by atoms with E-state index in [9.17, 15) is 9.59 Å². The lowest BCUT2D eigenvalue weighted by Crippen LogP contribution is -2.44. The van der Waals surface area contributed by atoms with Crippen LogP contribution in [-0.2, 0) is 11.2 Å². The molecule has 1 heterocycles. The van der Waals surface area contributed by atoms with Crippen molar-refractivity contribution in [2.75, 3.05) is 5.32 Å². The van der Waals surface area contributed by atoms with E-state index in [4.69, 9.17) is 24.4 Å². The van der Waals surface area contributed by atoms with Crippen molar-refractivity contribution in [3.8, 4) is 0 Å². The van der Waals surface area contributed by atoms with E-state index in [1.54, 1.807) is 0 Å². The fraction of sp³-hybridized carbons (Fsp3) is 0.200. The summed E-state index contributed by atoms with van der Waals surface area (Å²) >= 11 is 9.97. The van der Waals surface area contributed by atoms with Crippen molar-refractivity contribution >= 4 is 41.1 Å². The van der Waals surface area contributed by atoms with Crippen LogP contribution in [0.1, 0.15) is 16.8 Å². The maximum absolute atomic E-state index is 11.9. The smallest absolute Gasteiger partial charge is 0.251 e. The number of carbonyl (C=O) groups excluding carboxylic acids is 1. The van der Waals surface area contributed by atoms with Gasteiger partial charge in [0.25, 0.3) is 5.56 Å². The maximum atomic E-state index is 11.9. The van der Waals surface area contributed by atoms with Crippen LogP contribution in [0.2, 0.25) is 0 Å². The molecular formula is C15H17N5O2S2. The minimum atomic E-state index is -0.365. The van der Waals surface area contributed by atoms with E-state index in [1.807, 2.05) is 32.0 Å². The van der Waals surface area contributed by atoms with Crippen molar-refractivity contribution in [3.63, 3.8) is 0 Å². The molecule has 0 atom stereocenters. The summed E-state index contributed by atoms with van der Waals surface area (Å²) in [5.41, 5.74) is 8.26. The maximum Gasteiger partial charge on any atom is 0.251 e. The fourth-order valence-corrected chi connectivity index (χ4v) is 2.34. The second-order valence-corrected chi connectivity index (χ2v) is 6.03. The Morgan fingerprint density at radius 1 is 1.12 bits per heavy atom. The number of anilines is 1. The minimum absolute atomic E-state index is 0.0349. The van der Waals surface area contributed by atoms with E-state index in [-0.39, 0.29) is 27.8 Å². The largest absolute Gasteiger partial charge is 0.335 e.